The number of anilines is 1. The van der Waals surface area contributed by atoms with Crippen LogP contribution in [0.2, 0.25) is 0 Å². The van der Waals surface area contributed by atoms with E-state index in [1.54, 1.807) is 0 Å². The minimum absolute atomic E-state index is 0.304. The van der Waals surface area contributed by atoms with Gasteiger partial charge in [-0.15, -0.1) is 0 Å². The van der Waals surface area contributed by atoms with Gasteiger partial charge in [-0.2, -0.15) is 0 Å². The van der Waals surface area contributed by atoms with E-state index >= 15 is 0 Å². The predicted octanol–water partition coefficient (Wildman–Crippen LogP) is 0.330. The molecule has 1 aliphatic heterocycles. The number of carbonyl (C=O) groups is 3. The number of carbonyl (C=O) groups excluding carboxylic acids is 2. The van der Waals surface area contributed by atoms with E-state index < -0.39 is 53.9 Å². The van der Waals surface area contributed by atoms with Crippen LogP contribution in [0.4, 0.5) is 14.5 Å². The van der Waals surface area contributed by atoms with Gasteiger partial charge in [0, 0.05) is 6.07 Å². The highest BCUT2D eigenvalue weighted by Crippen LogP contribution is 2.32. The monoisotopic (exact) mass is 285 g/mol. The number of β-amino-alcohol motifs (C(OH)–C–C–N with tert-alkyl or cyclic N) is 1. The fourth-order valence-electron chi connectivity index (χ4n) is 1.99. The molecule has 20 heavy (non-hydrogen) atoms. The summed E-state index contributed by atoms with van der Waals surface area (Å²) in [6, 6.07) is 1.26. The zero-order chi connectivity index (χ0) is 15.0. The molecule has 1 amide bonds. The molecule has 0 radical (unpaired) electrons. The largest absolute Gasteiger partial charge is 0.481 e. The zero-order valence-corrected chi connectivity index (χ0v) is 9.97. The topological polar surface area (TPSA) is 94.9 Å². The zero-order valence-electron chi connectivity index (χ0n) is 9.97. The molecular formula is C12H9F2NO5. The van der Waals surface area contributed by atoms with Crippen LogP contribution in [0.1, 0.15) is 16.8 Å². The molecule has 106 valence electrons. The lowest BCUT2D eigenvalue weighted by atomic mass is 10.1. The minimum atomic E-state index is -1.46. The maximum atomic E-state index is 13.5. The van der Waals surface area contributed by atoms with E-state index in [4.69, 9.17) is 5.11 Å². The van der Waals surface area contributed by atoms with E-state index in [2.05, 4.69) is 0 Å². The number of aliphatic hydroxyl groups excluding tert-OH is 1. The molecule has 0 bridgehead atoms. The SMILES string of the molecule is O=C(O)CC(O)CN1C(=O)C(=O)c2c(F)cc(F)cc21. The van der Waals surface area contributed by atoms with Gasteiger partial charge in [0.05, 0.1) is 30.3 Å². The van der Waals surface area contributed by atoms with Crippen molar-refractivity contribution >= 4 is 23.3 Å². The van der Waals surface area contributed by atoms with Crippen LogP contribution in [-0.4, -0.2) is 40.5 Å². The van der Waals surface area contributed by atoms with Gasteiger partial charge in [-0.1, -0.05) is 0 Å². The summed E-state index contributed by atoms with van der Waals surface area (Å²) in [6.45, 7) is -0.535. The van der Waals surface area contributed by atoms with Crippen LogP contribution < -0.4 is 4.90 Å². The molecule has 1 heterocycles. The number of carboxylic acids is 1. The number of aliphatic hydroxyl groups is 1. The van der Waals surface area contributed by atoms with Gasteiger partial charge in [0.2, 0.25) is 0 Å². The van der Waals surface area contributed by atoms with Crippen molar-refractivity contribution < 1.29 is 33.4 Å². The van der Waals surface area contributed by atoms with Gasteiger partial charge in [0.15, 0.2) is 0 Å². The summed E-state index contributed by atoms with van der Waals surface area (Å²) in [5, 5.41) is 18.0. The fourth-order valence-corrected chi connectivity index (χ4v) is 1.99. The van der Waals surface area contributed by atoms with Crippen molar-refractivity contribution in [2.24, 2.45) is 0 Å². The Labute approximate surface area is 111 Å². The third-order valence-electron chi connectivity index (χ3n) is 2.80. The van der Waals surface area contributed by atoms with E-state index in [0.717, 1.165) is 6.07 Å². The van der Waals surface area contributed by atoms with Crippen LogP contribution in [0.5, 0.6) is 0 Å². The number of rotatable bonds is 4. The van der Waals surface area contributed by atoms with Crippen LogP contribution in [0.15, 0.2) is 12.1 Å². The fraction of sp³-hybridized carbons (Fsp3) is 0.250. The first-order valence-corrected chi connectivity index (χ1v) is 5.56. The highest BCUT2D eigenvalue weighted by molar-refractivity contribution is 6.52. The summed E-state index contributed by atoms with van der Waals surface area (Å²) in [7, 11) is 0. The number of fused-ring (bicyclic) bond motifs is 1. The van der Waals surface area contributed by atoms with Crippen LogP contribution in [-0.2, 0) is 9.59 Å². The number of benzene rings is 1. The molecule has 1 aromatic rings. The Morgan fingerprint density at radius 2 is 1.95 bits per heavy atom. The van der Waals surface area contributed by atoms with Crippen molar-refractivity contribution in [3.05, 3.63) is 29.3 Å². The maximum absolute atomic E-state index is 13.5. The number of Topliss-reactive ketones (excluding diaryl/α,β-unsaturated/α-hetero) is 1. The number of ketones is 1. The van der Waals surface area contributed by atoms with Crippen LogP contribution in [0.3, 0.4) is 0 Å². The molecule has 2 N–H and O–H groups in total. The molecule has 8 heteroatoms. The predicted molar refractivity (Wildman–Crippen MR) is 61.3 cm³/mol. The average molecular weight is 285 g/mol. The van der Waals surface area contributed by atoms with E-state index in [1.165, 1.54) is 0 Å². The molecule has 0 saturated heterocycles. The molecule has 0 fully saturated rings. The highest BCUT2D eigenvalue weighted by atomic mass is 19.1. The summed E-state index contributed by atoms with van der Waals surface area (Å²) in [6.07, 6.45) is -2.12. The summed E-state index contributed by atoms with van der Waals surface area (Å²) >= 11 is 0. The van der Waals surface area contributed by atoms with Crippen molar-refractivity contribution in [1.29, 1.82) is 0 Å². The molecule has 1 aromatic carbocycles. The minimum Gasteiger partial charge on any atom is -0.481 e. The van der Waals surface area contributed by atoms with Gasteiger partial charge in [-0.3, -0.25) is 14.4 Å². The summed E-state index contributed by atoms with van der Waals surface area (Å²) in [5.41, 5.74) is -0.874. The quantitative estimate of drug-likeness (QED) is 0.777. The van der Waals surface area contributed by atoms with E-state index in [9.17, 15) is 28.3 Å². The average Bonchev–Trinajstić information content (AvgIpc) is 2.53. The number of hydrogen-bond donors (Lipinski definition) is 2. The molecule has 1 aliphatic rings. The summed E-state index contributed by atoms with van der Waals surface area (Å²) in [4.78, 5) is 34.4. The van der Waals surface area contributed by atoms with Crippen molar-refractivity contribution in [2.45, 2.75) is 12.5 Å². The smallest absolute Gasteiger partial charge is 0.306 e. The first-order chi connectivity index (χ1) is 9.31. The Kier molecular flexibility index (Phi) is 3.49. The first kappa shape index (κ1) is 14.1. The van der Waals surface area contributed by atoms with Gasteiger partial charge in [0.25, 0.3) is 11.7 Å². The lowest BCUT2D eigenvalue weighted by molar-refractivity contribution is -0.139. The highest BCUT2D eigenvalue weighted by Gasteiger charge is 2.39. The van der Waals surface area contributed by atoms with Crippen molar-refractivity contribution in [1.82, 2.24) is 0 Å². The van der Waals surface area contributed by atoms with Gasteiger partial charge in [-0.25, -0.2) is 8.78 Å². The van der Waals surface area contributed by atoms with Crippen LogP contribution in [0, 0.1) is 11.6 Å². The van der Waals surface area contributed by atoms with Gasteiger partial charge >= 0.3 is 5.97 Å². The Morgan fingerprint density at radius 1 is 1.30 bits per heavy atom. The Balaban J connectivity index is 2.35. The van der Waals surface area contributed by atoms with E-state index in [1.807, 2.05) is 0 Å². The lowest BCUT2D eigenvalue weighted by Crippen LogP contribution is -2.37. The van der Waals surface area contributed by atoms with Gasteiger partial charge < -0.3 is 15.1 Å². The lowest BCUT2D eigenvalue weighted by Gasteiger charge is -2.19. The molecule has 0 aliphatic carbocycles. The van der Waals surface area contributed by atoms with Crippen molar-refractivity contribution in [3.8, 4) is 0 Å². The first-order valence-electron chi connectivity index (χ1n) is 5.56. The molecule has 0 saturated carbocycles. The van der Waals surface area contributed by atoms with E-state index in [0.29, 0.717) is 11.0 Å². The second kappa shape index (κ2) is 4.97. The summed E-state index contributed by atoms with van der Waals surface area (Å²) < 4.78 is 26.7. The normalized spacial score (nSPS) is 15.4. The summed E-state index contributed by atoms with van der Waals surface area (Å²) in [5.74, 6) is -5.75. The molecule has 0 spiro atoms. The molecule has 1 atom stereocenters. The third-order valence-corrected chi connectivity index (χ3v) is 2.80. The Hall–Kier alpha value is -2.35. The molecule has 2 rings (SSSR count). The number of amides is 1. The van der Waals surface area contributed by atoms with Crippen LogP contribution in [0.25, 0.3) is 0 Å². The van der Waals surface area contributed by atoms with Crippen molar-refractivity contribution in [3.63, 3.8) is 0 Å². The van der Waals surface area contributed by atoms with Crippen LogP contribution >= 0.6 is 0 Å². The Morgan fingerprint density at radius 3 is 2.55 bits per heavy atom. The standard InChI is InChI=1S/C12H9F2NO5/c13-5-1-7(14)10-8(2-5)15(12(20)11(10)19)4-6(16)3-9(17)18/h1-2,6,16H,3-4H2,(H,17,18). The van der Waals surface area contributed by atoms with Gasteiger partial charge in [0.1, 0.15) is 11.6 Å². The number of halogens is 2. The number of hydrogen-bond acceptors (Lipinski definition) is 4. The second-order valence-electron chi connectivity index (χ2n) is 4.28. The molecular weight excluding hydrogens is 276 g/mol. The van der Waals surface area contributed by atoms with E-state index in [-0.39, 0.29) is 5.69 Å². The van der Waals surface area contributed by atoms with Gasteiger partial charge in [-0.05, 0) is 6.07 Å². The molecule has 0 aromatic heterocycles. The second-order valence-corrected chi connectivity index (χ2v) is 4.28. The van der Waals surface area contributed by atoms with Crippen molar-refractivity contribution in [2.75, 3.05) is 11.4 Å². The maximum Gasteiger partial charge on any atom is 0.306 e. The third kappa shape index (κ3) is 2.37. The Bertz CT molecular complexity index is 616. The molecule has 1 unspecified atom stereocenters. The number of aliphatic carboxylic acids is 1. The number of carboxylic acid groups (broad SMARTS) is 1. The molecule has 6 nitrogen and oxygen atoms in total. The number of nitrogens with zero attached hydrogens (tertiary/aromatic N) is 1.